The Hall–Kier alpha value is -3.03. The zero-order chi connectivity index (χ0) is 22.6. The molecule has 0 saturated carbocycles. The molecular formula is C23H36N6O2. The van der Waals surface area contributed by atoms with E-state index >= 15 is 0 Å². The molecule has 1 aromatic carbocycles. The number of urea groups is 1. The first-order valence-electron chi connectivity index (χ1n) is 11.1. The van der Waals surface area contributed by atoms with Crippen molar-refractivity contribution in [2.75, 3.05) is 11.9 Å². The van der Waals surface area contributed by atoms with Crippen molar-refractivity contribution >= 4 is 17.7 Å². The molecule has 2 amide bonds. The molecule has 31 heavy (non-hydrogen) atoms. The van der Waals surface area contributed by atoms with Gasteiger partial charge in [-0.05, 0) is 51.3 Å². The molecule has 4 N–H and O–H groups in total. The fourth-order valence-electron chi connectivity index (χ4n) is 3.12. The van der Waals surface area contributed by atoms with Crippen LogP contribution in [0.5, 0.6) is 0 Å². The monoisotopic (exact) mass is 428 g/mol. The highest BCUT2D eigenvalue weighted by atomic mass is 16.5. The Bertz CT molecular complexity index is 825. The molecule has 1 aromatic heterocycles. The quantitative estimate of drug-likeness (QED) is 0.332. The van der Waals surface area contributed by atoms with Gasteiger partial charge in [-0.25, -0.2) is 9.79 Å². The van der Waals surface area contributed by atoms with Gasteiger partial charge in [-0.3, -0.25) is 0 Å². The maximum absolute atomic E-state index is 11.8. The van der Waals surface area contributed by atoms with E-state index in [9.17, 15) is 4.79 Å². The lowest BCUT2D eigenvalue weighted by Crippen LogP contribution is -2.36. The van der Waals surface area contributed by atoms with Crippen LogP contribution in [-0.2, 0) is 13.1 Å². The van der Waals surface area contributed by atoms with Gasteiger partial charge in [0.05, 0.1) is 18.8 Å². The van der Waals surface area contributed by atoms with E-state index in [0.717, 1.165) is 42.1 Å². The van der Waals surface area contributed by atoms with E-state index in [2.05, 4.69) is 45.3 Å². The van der Waals surface area contributed by atoms with Gasteiger partial charge in [0.25, 0.3) is 0 Å². The Morgan fingerprint density at radius 3 is 2.42 bits per heavy atom. The third kappa shape index (κ3) is 8.32. The largest absolute Gasteiger partial charge is 0.359 e. The number of rotatable bonds is 10. The fourth-order valence-corrected chi connectivity index (χ4v) is 3.12. The minimum Gasteiger partial charge on any atom is -0.359 e. The molecule has 0 saturated heterocycles. The van der Waals surface area contributed by atoms with Crippen molar-refractivity contribution in [2.24, 2.45) is 4.99 Å². The summed E-state index contributed by atoms with van der Waals surface area (Å²) in [6, 6.07) is 9.56. The van der Waals surface area contributed by atoms with Gasteiger partial charge in [0.1, 0.15) is 0 Å². The van der Waals surface area contributed by atoms with Crippen molar-refractivity contribution in [1.82, 2.24) is 21.1 Å². The lowest BCUT2D eigenvalue weighted by molar-refractivity contribution is 0.250. The van der Waals surface area contributed by atoms with Crippen LogP contribution in [0.3, 0.4) is 0 Å². The summed E-state index contributed by atoms with van der Waals surface area (Å²) in [5, 5.41) is 16.4. The molecule has 170 valence electrons. The second-order valence-electron chi connectivity index (χ2n) is 7.73. The van der Waals surface area contributed by atoms with Crippen LogP contribution in [-0.4, -0.2) is 29.7 Å². The molecular weight excluding hydrogens is 392 g/mol. The van der Waals surface area contributed by atoms with Crippen LogP contribution in [0.15, 0.2) is 39.8 Å². The van der Waals surface area contributed by atoms with Gasteiger partial charge >= 0.3 is 6.03 Å². The first-order valence-corrected chi connectivity index (χ1v) is 11.1. The Morgan fingerprint density at radius 1 is 1.10 bits per heavy atom. The predicted octanol–water partition coefficient (Wildman–Crippen LogP) is 4.36. The van der Waals surface area contributed by atoms with Gasteiger partial charge in [-0.2, -0.15) is 0 Å². The molecule has 0 aliphatic rings. The molecule has 2 rings (SSSR count). The van der Waals surface area contributed by atoms with E-state index in [1.54, 1.807) is 0 Å². The number of carbonyl (C=O) groups is 1. The Labute approximate surface area is 185 Å². The lowest BCUT2D eigenvalue weighted by atomic mass is 9.99. The zero-order valence-corrected chi connectivity index (χ0v) is 19.3. The predicted molar refractivity (Wildman–Crippen MR) is 125 cm³/mol. The molecule has 8 heteroatoms. The smallest absolute Gasteiger partial charge is 0.319 e. The third-order valence-electron chi connectivity index (χ3n) is 4.81. The number of aromatic nitrogens is 1. The molecule has 0 spiro atoms. The Balaban J connectivity index is 1.91. The van der Waals surface area contributed by atoms with Crippen LogP contribution in [0.4, 0.5) is 10.5 Å². The van der Waals surface area contributed by atoms with Crippen LogP contribution in [0.1, 0.15) is 70.4 Å². The van der Waals surface area contributed by atoms with Crippen molar-refractivity contribution < 1.29 is 9.32 Å². The van der Waals surface area contributed by atoms with E-state index in [-0.39, 0.29) is 12.1 Å². The molecule has 2 aromatic rings. The van der Waals surface area contributed by atoms with E-state index in [1.807, 2.05) is 51.1 Å². The Kier molecular flexibility index (Phi) is 9.87. The van der Waals surface area contributed by atoms with Crippen LogP contribution >= 0.6 is 0 Å². The normalized spacial score (nSPS) is 11.6. The van der Waals surface area contributed by atoms with Crippen LogP contribution in [0.2, 0.25) is 0 Å². The summed E-state index contributed by atoms with van der Waals surface area (Å²) in [6.07, 6.45) is 2.10. The summed E-state index contributed by atoms with van der Waals surface area (Å²) < 4.78 is 5.47. The first kappa shape index (κ1) is 24.2. The third-order valence-corrected chi connectivity index (χ3v) is 4.81. The fraction of sp³-hybridized carbons (Fsp3) is 0.522. The van der Waals surface area contributed by atoms with Crippen LogP contribution in [0.25, 0.3) is 0 Å². The second kappa shape index (κ2) is 12.6. The molecule has 0 fully saturated rings. The maximum Gasteiger partial charge on any atom is 0.319 e. The number of aliphatic imine (C=N–C) groups is 1. The topological polar surface area (TPSA) is 104 Å². The number of hydrogen-bond acceptors (Lipinski definition) is 4. The molecule has 0 aliphatic heterocycles. The summed E-state index contributed by atoms with van der Waals surface area (Å²) in [5.74, 6) is 1.94. The van der Waals surface area contributed by atoms with Crippen molar-refractivity contribution in [3.63, 3.8) is 0 Å². The highest BCUT2D eigenvalue weighted by molar-refractivity contribution is 5.89. The number of anilines is 1. The number of nitrogens with zero attached hydrogens (tertiary/aromatic N) is 2. The second-order valence-corrected chi connectivity index (χ2v) is 7.73. The maximum atomic E-state index is 11.8. The van der Waals surface area contributed by atoms with Crippen molar-refractivity contribution in [3.05, 3.63) is 47.3 Å². The SMILES string of the molecule is CCNC(=NCc1ccc(NC(=O)NC(C)C)cc1)NCc1cc(C(CC)CC)no1. The van der Waals surface area contributed by atoms with Gasteiger partial charge < -0.3 is 25.8 Å². The molecule has 0 bridgehead atoms. The van der Waals surface area contributed by atoms with Gasteiger partial charge in [0.15, 0.2) is 11.7 Å². The number of carbonyl (C=O) groups excluding carboxylic acids is 1. The van der Waals surface area contributed by atoms with Gasteiger partial charge in [0.2, 0.25) is 0 Å². The number of hydrogen-bond donors (Lipinski definition) is 4. The standard InChI is InChI=1S/C23H36N6O2/c1-6-18(7-2)21-13-20(31-29-21)15-26-22(24-8-3)25-14-17-9-11-19(12-10-17)28-23(30)27-16(4)5/h9-13,16,18H,6-8,14-15H2,1-5H3,(H2,24,25,26)(H2,27,28,30). The minimum atomic E-state index is -0.209. The molecule has 0 atom stereocenters. The summed E-state index contributed by atoms with van der Waals surface area (Å²) in [6.45, 7) is 12.0. The summed E-state index contributed by atoms with van der Waals surface area (Å²) in [4.78, 5) is 16.4. The number of amides is 2. The molecule has 0 unspecified atom stereocenters. The minimum absolute atomic E-state index is 0.0915. The zero-order valence-electron chi connectivity index (χ0n) is 19.3. The van der Waals surface area contributed by atoms with E-state index in [4.69, 9.17) is 4.52 Å². The van der Waals surface area contributed by atoms with E-state index in [0.29, 0.717) is 25.0 Å². The number of guanidine groups is 1. The van der Waals surface area contributed by atoms with Crippen molar-refractivity contribution in [1.29, 1.82) is 0 Å². The first-order chi connectivity index (χ1) is 14.9. The number of nitrogens with one attached hydrogen (secondary N) is 4. The number of benzene rings is 1. The highest BCUT2D eigenvalue weighted by Crippen LogP contribution is 2.22. The summed E-state index contributed by atoms with van der Waals surface area (Å²) in [5.41, 5.74) is 2.80. The molecule has 1 heterocycles. The van der Waals surface area contributed by atoms with E-state index < -0.39 is 0 Å². The summed E-state index contributed by atoms with van der Waals surface area (Å²) >= 11 is 0. The Morgan fingerprint density at radius 2 is 1.81 bits per heavy atom. The average Bonchev–Trinajstić information content (AvgIpc) is 3.20. The van der Waals surface area contributed by atoms with Crippen LogP contribution in [0, 0.1) is 0 Å². The molecule has 8 nitrogen and oxygen atoms in total. The van der Waals surface area contributed by atoms with E-state index in [1.165, 1.54) is 0 Å². The van der Waals surface area contributed by atoms with Gasteiger partial charge in [-0.15, -0.1) is 0 Å². The highest BCUT2D eigenvalue weighted by Gasteiger charge is 2.13. The van der Waals surface area contributed by atoms with Gasteiger partial charge in [0, 0.05) is 30.3 Å². The lowest BCUT2D eigenvalue weighted by Gasteiger charge is -2.11. The molecule has 0 aliphatic carbocycles. The average molecular weight is 429 g/mol. The van der Waals surface area contributed by atoms with Gasteiger partial charge in [-0.1, -0.05) is 31.1 Å². The molecule has 0 radical (unpaired) electrons. The van der Waals surface area contributed by atoms with Crippen molar-refractivity contribution in [3.8, 4) is 0 Å². The summed E-state index contributed by atoms with van der Waals surface area (Å²) in [7, 11) is 0. The van der Waals surface area contributed by atoms with Crippen molar-refractivity contribution in [2.45, 2.75) is 72.5 Å². The van der Waals surface area contributed by atoms with Crippen LogP contribution < -0.4 is 21.3 Å².